The lowest BCUT2D eigenvalue weighted by molar-refractivity contribution is 0.00578. The summed E-state index contributed by atoms with van der Waals surface area (Å²) in [6.07, 6.45) is 2.94. The first-order valence-electron chi connectivity index (χ1n) is 47.6. The topological polar surface area (TPSA) is 73.8 Å². The quantitative estimate of drug-likeness (QED) is 0.0914. The van der Waals surface area contributed by atoms with Crippen LogP contribution in [0, 0.1) is 0 Å². The smallest absolute Gasteiger partial charge is 0.405 e. The summed E-state index contributed by atoms with van der Waals surface area (Å²) in [5, 5.41) is 21.4. The minimum Gasteiger partial charge on any atom is -0.405 e. The molecule has 0 amide bonds. The number of halogens is 2. The number of alkyl halides is 2. The van der Waals surface area contributed by atoms with E-state index in [1.54, 1.807) is 0 Å². The lowest BCUT2D eigenvalue weighted by Gasteiger charge is -2.32. The standard InChI is InChI=1S/4C23H18.C12H24B2O4.2C7H15BO2.2CH3Cl/c2*1-23(2)21-10-6-5-9-18(21)20-14-19-16(13-22(20)23)12-11-15-7-3-4-8-17(15)19;2*1-23(2)21-10-6-5-9-18(21)20-13-16-12-11-15-7-3-4-8-17(15)19(16)14-22(20)23;1-9(2)10(3,4)16-13(15-9)14-17-11(5,6)12(7,8)18-14;2*1-6(2)7(3,4)10-8(5)9-6;2*1-2/h4*3-14H,1-2H3;1-8H3;2*1-5H3;2*1H3. The van der Waals surface area contributed by atoms with Crippen LogP contribution in [0.1, 0.15) is 211 Å². The van der Waals surface area contributed by atoms with E-state index in [9.17, 15) is 0 Å². The molecule has 0 atom stereocenters. The first kappa shape index (κ1) is 97.2. The third-order valence-electron chi connectivity index (χ3n) is 31.3. The zero-order valence-electron chi connectivity index (χ0n) is 84.0. The normalized spacial score (nSPS) is 18.9. The fourth-order valence-corrected chi connectivity index (χ4v) is 21.1. The molecule has 8 nitrogen and oxygen atoms in total. The van der Waals surface area contributed by atoms with Crippen molar-refractivity contribution in [3.8, 4) is 44.5 Å². The molecule has 4 fully saturated rings. The number of hydrogen-bond donors (Lipinski definition) is 0. The van der Waals surface area contributed by atoms with E-state index in [4.69, 9.17) is 37.2 Å². The van der Waals surface area contributed by atoms with E-state index in [1.165, 1.54) is 188 Å². The molecule has 0 radical (unpaired) electrons. The van der Waals surface area contributed by atoms with Crippen molar-refractivity contribution in [2.24, 2.45) is 0 Å². The van der Waals surface area contributed by atoms with Gasteiger partial charge in [0.25, 0.3) is 0 Å². The molecule has 4 heterocycles. The molecule has 4 aliphatic carbocycles. The summed E-state index contributed by atoms with van der Waals surface area (Å²) in [6.45, 7) is 55.2. The Balaban J connectivity index is 0.000000115. The Bertz CT molecular complexity index is 6690. The van der Waals surface area contributed by atoms with Gasteiger partial charge in [0.15, 0.2) is 0 Å². The van der Waals surface area contributed by atoms with Gasteiger partial charge in [0.1, 0.15) is 0 Å². The lowest BCUT2D eigenvalue weighted by atomic mass is 9.49. The molecule has 16 aromatic rings. The summed E-state index contributed by atoms with van der Waals surface area (Å²) in [6, 6.07) is 107. The fraction of sp³-hybridized carbons (Fsp3) is 0.333. The van der Waals surface area contributed by atoms with Crippen LogP contribution in [0.2, 0.25) is 13.6 Å². The molecule has 0 unspecified atom stereocenters. The Kier molecular flexibility index (Phi) is 26.1. The Morgan fingerprint density at radius 3 is 0.575 bits per heavy atom. The van der Waals surface area contributed by atoms with Gasteiger partial charge in [-0.15, -0.1) is 23.2 Å². The average Bonchev–Trinajstić information content (AvgIpc) is 1.58. The predicted molar refractivity (Wildman–Crippen MR) is 576 cm³/mol. The molecule has 0 bridgehead atoms. The molecular formula is C120H132B4Cl2O8. The second kappa shape index (κ2) is 35.9. The highest BCUT2D eigenvalue weighted by molar-refractivity contribution is 7.11. The minimum absolute atomic E-state index is 0.0648. The molecule has 0 N–H and O–H groups in total. The molecule has 0 aromatic heterocycles. The van der Waals surface area contributed by atoms with Crippen molar-refractivity contribution in [3.05, 3.63) is 336 Å². The predicted octanol–water partition coefficient (Wildman–Crippen LogP) is 32.6. The molecule has 16 aromatic carbocycles. The van der Waals surface area contributed by atoms with Gasteiger partial charge in [0.05, 0.1) is 44.8 Å². The van der Waals surface area contributed by atoms with Crippen LogP contribution in [-0.2, 0) is 58.9 Å². The summed E-state index contributed by atoms with van der Waals surface area (Å²) in [5.74, 6) is 0. The number of rotatable bonds is 1. The molecule has 0 spiro atoms. The summed E-state index contributed by atoms with van der Waals surface area (Å²) in [7, 11) is -1.08. The fourth-order valence-electron chi connectivity index (χ4n) is 21.1. The van der Waals surface area contributed by atoms with Gasteiger partial charge in [-0.25, -0.2) is 0 Å². The zero-order chi connectivity index (χ0) is 96.4. The molecule has 24 rings (SSSR count). The summed E-state index contributed by atoms with van der Waals surface area (Å²) in [5.41, 5.74) is 20.9. The van der Waals surface area contributed by atoms with E-state index in [1.807, 2.05) is 69.0 Å². The van der Waals surface area contributed by atoms with E-state index in [-0.39, 0.29) is 80.7 Å². The molecule has 8 aliphatic rings. The van der Waals surface area contributed by atoms with E-state index >= 15 is 0 Å². The van der Waals surface area contributed by atoms with Crippen molar-refractivity contribution in [2.75, 3.05) is 12.8 Å². The van der Waals surface area contributed by atoms with Gasteiger partial charge in [-0.05, 0) is 348 Å². The molecule has 4 saturated heterocycles. The van der Waals surface area contributed by atoms with Crippen LogP contribution in [0.25, 0.3) is 131 Å². The number of hydrogen-bond acceptors (Lipinski definition) is 8. The molecule has 0 saturated carbocycles. The van der Waals surface area contributed by atoms with Gasteiger partial charge in [-0.2, -0.15) is 0 Å². The number of fused-ring (bicyclic) bond motifs is 24. The van der Waals surface area contributed by atoms with Crippen LogP contribution in [0.4, 0.5) is 0 Å². The Morgan fingerprint density at radius 2 is 0.343 bits per heavy atom. The average molecular weight is 1820 g/mol. The maximum Gasteiger partial charge on any atom is 0.488 e. The van der Waals surface area contributed by atoms with Gasteiger partial charge in [-0.1, -0.05) is 298 Å². The van der Waals surface area contributed by atoms with Crippen molar-refractivity contribution in [3.63, 3.8) is 0 Å². The van der Waals surface area contributed by atoms with Crippen molar-refractivity contribution in [1.29, 1.82) is 0 Å². The maximum atomic E-state index is 5.96. The highest BCUT2D eigenvalue weighted by atomic mass is 35.5. The van der Waals surface area contributed by atoms with Crippen molar-refractivity contribution >= 4 is 138 Å². The van der Waals surface area contributed by atoms with Crippen molar-refractivity contribution in [2.45, 2.75) is 246 Å². The summed E-state index contributed by atoms with van der Waals surface area (Å²) >= 11 is 9.28. The highest BCUT2D eigenvalue weighted by Gasteiger charge is 2.64. The number of benzene rings is 16. The van der Waals surface area contributed by atoms with Gasteiger partial charge in [-0.3, -0.25) is 0 Å². The van der Waals surface area contributed by atoms with E-state index < -0.39 is 14.0 Å². The molecule has 4 aliphatic heterocycles. The SMILES string of the molecule is CB1OC(C)(C)C(C)(C)O1.CB1OC(C)(C)C(C)(C)O1.CC1(C)OB(B2OC(C)(C)C(C)(C)O2)OC1(C)C.CC1(C)c2ccccc2-c2cc3c(ccc4ccccc43)cc21.CC1(C)c2ccccc2-c2cc3c(ccc4ccccc43)cc21.CC1(C)c2ccccc2-c2cc3ccc4ccccc4c3cc21.CC1(C)c2ccccc2-c2cc3ccc4ccccc4c3cc21.CCl.CCl. The Morgan fingerprint density at radius 1 is 0.164 bits per heavy atom. The highest BCUT2D eigenvalue weighted by Crippen LogP contribution is 2.56. The third kappa shape index (κ3) is 17.3. The van der Waals surface area contributed by atoms with E-state index in [0.29, 0.717) is 0 Å². The summed E-state index contributed by atoms with van der Waals surface area (Å²) in [4.78, 5) is 0. The van der Waals surface area contributed by atoms with E-state index in [2.05, 4.69) is 425 Å². The second-order valence-electron chi connectivity index (χ2n) is 43.2. The largest absolute Gasteiger partial charge is 0.488 e. The molecule has 686 valence electrons. The van der Waals surface area contributed by atoms with Crippen LogP contribution in [0.5, 0.6) is 0 Å². The van der Waals surface area contributed by atoms with Gasteiger partial charge < -0.3 is 37.2 Å². The van der Waals surface area contributed by atoms with Crippen molar-refractivity contribution in [1.82, 2.24) is 0 Å². The summed E-state index contributed by atoms with van der Waals surface area (Å²) < 4.78 is 46.0. The van der Waals surface area contributed by atoms with Crippen LogP contribution in [-0.4, -0.2) is 85.8 Å². The second-order valence-corrected chi connectivity index (χ2v) is 43.2. The van der Waals surface area contributed by atoms with Gasteiger partial charge >= 0.3 is 28.3 Å². The minimum atomic E-state index is -0.476. The van der Waals surface area contributed by atoms with Crippen LogP contribution in [0.15, 0.2) is 291 Å². The Hall–Kier alpha value is -9.88. The van der Waals surface area contributed by atoms with Crippen LogP contribution < -0.4 is 0 Å². The molecule has 134 heavy (non-hydrogen) atoms. The lowest BCUT2D eigenvalue weighted by Crippen LogP contribution is -2.41. The van der Waals surface area contributed by atoms with Gasteiger partial charge in [0, 0.05) is 34.4 Å². The Labute approximate surface area is 808 Å². The monoisotopic (exact) mass is 1810 g/mol. The first-order valence-corrected chi connectivity index (χ1v) is 49.2. The van der Waals surface area contributed by atoms with E-state index in [0.717, 1.165) is 0 Å². The van der Waals surface area contributed by atoms with Gasteiger partial charge in [0.2, 0.25) is 0 Å². The zero-order valence-corrected chi connectivity index (χ0v) is 85.6. The van der Waals surface area contributed by atoms with Crippen molar-refractivity contribution < 1.29 is 37.2 Å². The van der Waals surface area contributed by atoms with Crippen LogP contribution >= 0.6 is 23.2 Å². The molecule has 14 heteroatoms. The molecular weight excluding hydrogens is 1680 g/mol. The van der Waals surface area contributed by atoms with Crippen LogP contribution in [0.3, 0.4) is 0 Å². The third-order valence-corrected chi connectivity index (χ3v) is 31.3. The first-order chi connectivity index (χ1) is 63.2. The maximum absolute atomic E-state index is 5.96.